The lowest BCUT2D eigenvalue weighted by atomic mass is 9.77. The number of hydrogen-bond donors (Lipinski definition) is 5. The van der Waals surface area contributed by atoms with Crippen LogP contribution in [0.4, 0.5) is 41.6 Å². The summed E-state index contributed by atoms with van der Waals surface area (Å²) in [7, 11) is 4.78. The monoisotopic (exact) mass is 1990 g/mol. The molecule has 6 saturated heterocycles. The van der Waals surface area contributed by atoms with E-state index < -0.39 is 137 Å². The number of carboxylic acids is 2. The summed E-state index contributed by atoms with van der Waals surface area (Å²) in [6.07, 6.45) is 2.37. The van der Waals surface area contributed by atoms with E-state index in [0.29, 0.717) is 50.0 Å². The molecule has 6 aliphatic heterocycles. The van der Waals surface area contributed by atoms with Crippen molar-refractivity contribution >= 4 is 82.3 Å². The fraction of sp³-hybridized carbons (Fsp3) is 0.495. The smallest absolute Gasteiger partial charge is 0.411 e. The van der Waals surface area contributed by atoms with Crippen molar-refractivity contribution in [3.8, 4) is 17.2 Å². The number of fused-ring (bicyclic) bond motifs is 1. The van der Waals surface area contributed by atoms with Gasteiger partial charge >= 0.3 is 42.0 Å². The molecule has 30 nitrogen and oxygen atoms in total. The average Bonchev–Trinajstić information content (AvgIpc) is 1.64. The van der Waals surface area contributed by atoms with Crippen LogP contribution in [0.1, 0.15) is 190 Å². The van der Waals surface area contributed by atoms with Crippen LogP contribution in [0.25, 0.3) is 10.9 Å². The number of H-pyrrole nitrogens is 1. The average molecular weight is 1990 g/mol. The molecule has 770 valence electrons. The van der Waals surface area contributed by atoms with E-state index in [0.717, 1.165) is 104 Å². The number of benzene rings is 7. The summed E-state index contributed by atoms with van der Waals surface area (Å²) in [6.45, 7) is 10.2. The first-order chi connectivity index (χ1) is 68.2. The molecule has 8 aromatic rings. The molecule has 0 unspecified atom stereocenters. The molecule has 3 saturated carbocycles. The second-order valence-electron chi connectivity index (χ2n) is 39.3. The maximum absolute atomic E-state index is 14.6. The number of nitrogens with one attached hydrogen (secondary N) is 3. The van der Waals surface area contributed by atoms with Gasteiger partial charge in [-0.05, 0) is 162 Å². The summed E-state index contributed by atoms with van der Waals surface area (Å²) in [4.78, 5) is 143. The van der Waals surface area contributed by atoms with Crippen molar-refractivity contribution in [2.45, 2.75) is 278 Å². The maximum Gasteiger partial charge on any atom is 0.411 e. The Bertz CT molecular complexity index is 5610. The van der Waals surface area contributed by atoms with Gasteiger partial charge in [-0.15, -0.1) is 0 Å². The number of halogens is 6. The van der Waals surface area contributed by atoms with E-state index in [-0.39, 0.29) is 127 Å². The fourth-order valence-corrected chi connectivity index (χ4v) is 19.8. The predicted molar refractivity (Wildman–Crippen MR) is 517 cm³/mol. The first-order valence-corrected chi connectivity index (χ1v) is 48.5. The number of esters is 3. The number of hydrogen-bond acceptors (Lipinski definition) is 21. The number of likely N-dealkylation sites (tertiary alicyclic amines) is 5. The van der Waals surface area contributed by atoms with Crippen LogP contribution in [0, 0.1) is 0 Å². The Morgan fingerprint density at radius 3 is 1.04 bits per heavy atom. The molecule has 12 atom stereocenters. The zero-order valence-electron chi connectivity index (χ0n) is 82.0. The summed E-state index contributed by atoms with van der Waals surface area (Å²) < 4.78 is 124. The number of amides is 6. The van der Waals surface area contributed by atoms with Crippen molar-refractivity contribution in [2.24, 2.45) is 0 Å². The highest BCUT2D eigenvalue weighted by Crippen LogP contribution is 2.49. The number of carbonyl (C=O) groups excluding carboxylic acids is 9. The lowest BCUT2D eigenvalue weighted by molar-refractivity contribution is -0.156. The number of aliphatic carboxylic acids is 2. The SMILES string of the molecule is CC(C)(C)OC(=O)N1C[C@@H](F)C[C@@H]1C(=O)O.CC(C)(C)OC(=O)N1C[C@@H](F)C[C@@H]1C(=O)OCc1ccccc1.COc1ccc(C2(C(=O)N3C[C@@H](F)C[C@@H]3C(=O)Nc3cccc4[nH]ncc34)CCCC2)cc1.COc1ccc(C2(C(=O)N3C[C@@H](F)C[C@@H]3C(=O)O)CCCC2)cc1.COc1ccc(C2(C(=O)N3C[C@@H](F)C[C@@H]3C(=O)OCc3ccccc3)CCCC2)cc1.O=C(OCc1ccccc1)[C@H]1C[C@H](F)CN1. The topological polar surface area (TPSA) is 371 Å². The van der Waals surface area contributed by atoms with Gasteiger partial charge in [-0.25, -0.2) is 55.1 Å². The van der Waals surface area contributed by atoms with Crippen LogP contribution in [0.15, 0.2) is 188 Å². The molecule has 1 aromatic heterocycles. The Kier molecular flexibility index (Phi) is 37.3. The van der Waals surface area contributed by atoms with Gasteiger partial charge in [0.05, 0.1) is 87.7 Å². The van der Waals surface area contributed by atoms with Crippen molar-refractivity contribution in [3.63, 3.8) is 0 Å². The van der Waals surface area contributed by atoms with Crippen LogP contribution < -0.4 is 24.8 Å². The summed E-state index contributed by atoms with van der Waals surface area (Å²) in [5, 5.41) is 31.5. The highest BCUT2D eigenvalue weighted by molar-refractivity contribution is 6.05. The number of aromatic nitrogens is 2. The first-order valence-electron chi connectivity index (χ1n) is 48.5. The number of methoxy groups -OCH3 is 3. The molecule has 7 aromatic carbocycles. The molecule has 0 spiro atoms. The molecule has 0 bridgehead atoms. The van der Waals surface area contributed by atoms with Crippen molar-refractivity contribution in [1.82, 2.24) is 40.0 Å². The number of alkyl halides is 6. The lowest BCUT2D eigenvalue weighted by Gasteiger charge is -2.35. The Morgan fingerprint density at radius 2 is 0.699 bits per heavy atom. The van der Waals surface area contributed by atoms with E-state index in [4.69, 9.17) is 43.0 Å². The van der Waals surface area contributed by atoms with Crippen LogP contribution in [-0.4, -0.2) is 256 Å². The summed E-state index contributed by atoms with van der Waals surface area (Å²) in [6, 6.07) is 50.4. The number of anilines is 1. The predicted octanol–water partition coefficient (Wildman–Crippen LogP) is 16.6. The summed E-state index contributed by atoms with van der Waals surface area (Å²) in [5.74, 6) is -2.68. The van der Waals surface area contributed by atoms with E-state index >= 15 is 0 Å². The van der Waals surface area contributed by atoms with E-state index in [1.165, 1.54) is 14.7 Å². The Balaban J connectivity index is 0.000000156. The van der Waals surface area contributed by atoms with Gasteiger partial charge in [-0.1, -0.05) is 172 Å². The van der Waals surface area contributed by atoms with Gasteiger partial charge in [-0.2, -0.15) is 5.10 Å². The minimum Gasteiger partial charge on any atom is -0.497 e. The number of carboxylic acid groups (broad SMARTS) is 2. The number of rotatable bonds is 22. The molecular formula is C107H129F6N9O21. The highest BCUT2D eigenvalue weighted by atomic mass is 19.2. The second-order valence-corrected chi connectivity index (χ2v) is 39.3. The standard InChI is InChI=1S/C25H27FN4O3.C25H28FNO4.C18H22FNO4.C17H22FNO4.C12H14FNO2.C10H16FNO4/c1-33-18-9-7-16(8-10-18)25(11-2-3-12-25)24(32)30-15-17(26)13-22(30)23(31)28-20-5-4-6-21-19(20)14-27-29-21;1-30-21-11-9-19(10-12-21)25(13-5-6-14-25)24(29)27-16-20(26)15-22(27)23(28)31-17-18-7-3-2-4-8-18;1-24-14-6-4-12(5-7-14)18(8-2-3-9-18)17(23)20-11-13(19)10-15(20)16(21)22;1-17(2,3)23-16(21)19-10-13(18)9-14(19)15(20)22-11-12-7-5-4-6-8-12;13-10-6-11(14-7-10)12(15)16-8-9-4-2-1-3-5-9;1-10(2,3)16-9(15)12-5-6(11)4-7(12)8(13)14/h4-10,14,17,22H,2-3,11-13,15H2,1H3,(H,27,29)(H,28,31);2-4,7-12,20,22H,5-6,13-17H2,1H3;4-7,13,15H,2-3,8-11H2,1H3,(H,21,22);4-8,13-14H,9-11H2,1-3H3;1-5,10-11,14H,6-8H2;6-7H,4-5H2,1-3H3,(H,13,14)/t17-,22+;20-,22+;13-,15+;13-,14+;10-,11+;6-,7+/m000000/s1. The third kappa shape index (κ3) is 28.0. The zero-order chi connectivity index (χ0) is 103. The maximum atomic E-state index is 14.6. The van der Waals surface area contributed by atoms with E-state index in [2.05, 4.69) is 20.8 Å². The Labute approximate surface area is 827 Å². The quantitative estimate of drug-likeness (QED) is 0.0239. The largest absolute Gasteiger partial charge is 0.497 e. The molecule has 9 fully saturated rings. The lowest BCUT2D eigenvalue weighted by Crippen LogP contribution is -2.51. The molecule has 3 aliphatic carbocycles. The second kappa shape index (κ2) is 49.1. The number of aromatic amines is 1. The molecule has 7 heterocycles. The van der Waals surface area contributed by atoms with E-state index in [1.54, 1.807) is 87.3 Å². The molecule has 9 aliphatic rings. The molecule has 5 N–H and O–H groups in total. The van der Waals surface area contributed by atoms with E-state index in [9.17, 15) is 84.2 Å². The van der Waals surface area contributed by atoms with Crippen LogP contribution in [0.2, 0.25) is 0 Å². The van der Waals surface area contributed by atoms with Crippen molar-refractivity contribution in [3.05, 3.63) is 222 Å². The third-order valence-electron chi connectivity index (χ3n) is 27.0. The molecule has 6 amide bonds. The van der Waals surface area contributed by atoms with Crippen LogP contribution in [-0.2, 0) is 103 Å². The van der Waals surface area contributed by atoms with Gasteiger partial charge in [0.1, 0.15) is 122 Å². The minimum absolute atomic E-state index is 0.00235. The van der Waals surface area contributed by atoms with Gasteiger partial charge < -0.3 is 73.4 Å². The molecule has 36 heteroatoms. The van der Waals surface area contributed by atoms with Gasteiger partial charge in [0.25, 0.3) is 0 Å². The van der Waals surface area contributed by atoms with Gasteiger partial charge in [0, 0.05) is 50.5 Å². The third-order valence-corrected chi connectivity index (χ3v) is 27.0. The number of nitrogens with zero attached hydrogens (tertiary/aromatic N) is 6. The molecule has 143 heavy (non-hydrogen) atoms. The van der Waals surface area contributed by atoms with Gasteiger partial charge in [0.2, 0.25) is 23.6 Å². The first kappa shape index (κ1) is 109. The normalized spacial score (nSPS) is 23.2. The van der Waals surface area contributed by atoms with Crippen molar-refractivity contribution in [2.75, 3.05) is 65.9 Å². The Morgan fingerprint density at radius 1 is 0.385 bits per heavy atom. The van der Waals surface area contributed by atoms with Gasteiger partial charge in [0.15, 0.2) is 0 Å². The van der Waals surface area contributed by atoms with Gasteiger partial charge in [-0.3, -0.25) is 38.9 Å². The summed E-state index contributed by atoms with van der Waals surface area (Å²) >= 11 is 0. The van der Waals surface area contributed by atoms with Crippen LogP contribution in [0.3, 0.4) is 0 Å². The molecule has 17 rings (SSSR count). The van der Waals surface area contributed by atoms with Crippen molar-refractivity contribution in [1.29, 1.82) is 0 Å². The van der Waals surface area contributed by atoms with Crippen molar-refractivity contribution < 1.29 is 127 Å². The number of carbonyl (C=O) groups is 11. The number of ether oxygens (including phenoxy) is 8. The van der Waals surface area contributed by atoms with E-state index in [1.807, 2.05) is 164 Å². The fourth-order valence-electron chi connectivity index (χ4n) is 19.8. The van der Waals surface area contributed by atoms with Crippen LogP contribution in [0.5, 0.6) is 17.2 Å². The Hall–Kier alpha value is -13.3. The molecular weight excluding hydrogens is 1860 g/mol. The molecule has 0 radical (unpaired) electrons. The minimum atomic E-state index is -1.30. The van der Waals surface area contributed by atoms with Crippen LogP contribution >= 0.6 is 0 Å². The summed E-state index contributed by atoms with van der Waals surface area (Å²) in [5.41, 5.74) is 3.03. The highest BCUT2D eigenvalue weighted by Gasteiger charge is 2.55. The zero-order valence-corrected chi connectivity index (χ0v) is 82.0.